The van der Waals surface area contributed by atoms with Crippen molar-refractivity contribution in [3.8, 4) is 0 Å². The van der Waals surface area contributed by atoms with Crippen LogP contribution in [0.1, 0.15) is 65.7 Å². The van der Waals surface area contributed by atoms with Gasteiger partial charge in [0.2, 0.25) is 0 Å². The van der Waals surface area contributed by atoms with Crippen molar-refractivity contribution in [3.63, 3.8) is 0 Å². The molecule has 0 spiro atoms. The molecular formula is C20H32F13P. The zero-order valence-electron chi connectivity index (χ0n) is 19.2. The molecule has 0 bridgehead atoms. The van der Waals surface area contributed by atoms with Crippen LogP contribution < -0.4 is 0 Å². The molecule has 0 rings (SSSR count). The number of rotatable bonds is 16. The van der Waals surface area contributed by atoms with Crippen LogP contribution in [-0.2, 0) is 0 Å². The van der Waals surface area contributed by atoms with Crippen LogP contribution in [0.4, 0.5) is 57.1 Å². The standard InChI is InChI=1S/C20H32F13P/c1-4-7-11-34(12-8-5-2,13-9-6-3)14-10-15(21,22)16(23,24)17(25,26)18(27,28)19(29,30)20(31,32)33/h34H,4-14H2,1-3H3. The maximum atomic E-state index is 14.3. The van der Waals surface area contributed by atoms with E-state index < -0.39 is 55.6 Å². The van der Waals surface area contributed by atoms with Crippen molar-refractivity contribution in [2.24, 2.45) is 0 Å². The van der Waals surface area contributed by atoms with E-state index in [9.17, 15) is 57.1 Å². The zero-order chi connectivity index (χ0) is 27.3. The predicted octanol–water partition coefficient (Wildman–Crippen LogP) is 9.27. The maximum absolute atomic E-state index is 14.3. The SMILES string of the molecule is CCCC[PH](CCCC)(CCCC)CCC(F)(F)C(F)(F)C(F)(F)C(F)(F)C(F)(F)C(F)(F)F. The average molecular weight is 550 g/mol. The van der Waals surface area contributed by atoms with E-state index in [2.05, 4.69) is 0 Å². The van der Waals surface area contributed by atoms with Crippen molar-refractivity contribution in [2.75, 3.05) is 24.6 Å². The van der Waals surface area contributed by atoms with Crippen molar-refractivity contribution < 1.29 is 57.1 Å². The first-order valence-electron chi connectivity index (χ1n) is 11.1. The van der Waals surface area contributed by atoms with E-state index in [1.165, 1.54) is 0 Å². The first-order valence-corrected chi connectivity index (χ1v) is 13.9. The van der Waals surface area contributed by atoms with Crippen LogP contribution in [0.2, 0.25) is 0 Å². The van der Waals surface area contributed by atoms with Crippen LogP contribution in [0, 0.1) is 0 Å². The molecule has 0 N–H and O–H groups in total. The fourth-order valence-electron chi connectivity index (χ4n) is 3.79. The summed E-state index contributed by atoms with van der Waals surface area (Å²) in [5.74, 6) is -36.3. The van der Waals surface area contributed by atoms with Gasteiger partial charge in [0.15, 0.2) is 0 Å². The molecule has 14 heteroatoms. The van der Waals surface area contributed by atoms with E-state index in [1.807, 2.05) is 0 Å². The molecule has 0 aliphatic rings. The molecule has 0 radical (unpaired) electrons. The van der Waals surface area contributed by atoms with Gasteiger partial charge in [-0.1, -0.05) is 0 Å². The zero-order valence-corrected chi connectivity index (χ0v) is 20.2. The molecule has 0 aromatic rings. The van der Waals surface area contributed by atoms with Gasteiger partial charge in [-0.05, 0) is 0 Å². The quantitative estimate of drug-likeness (QED) is 0.133. The Kier molecular flexibility index (Phi) is 11.5. The van der Waals surface area contributed by atoms with Crippen molar-refractivity contribution in [1.29, 1.82) is 0 Å². The Morgan fingerprint density at radius 1 is 0.441 bits per heavy atom. The third-order valence-electron chi connectivity index (χ3n) is 6.15. The van der Waals surface area contributed by atoms with Crippen molar-refractivity contribution in [2.45, 2.75) is 102 Å². The van der Waals surface area contributed by atoms with Crippen LogP contribution in [0.5, 0.6) is 0 Å². The first kappa shape index (κ1) is 33.5. The Morgan fingerprint density at radius 3 is 1.06 bits per heavy atom. The van der Waals surface area contributed by atoms with Crippen LogP contribution in [0.15, 0.2) is 0 Å². The first-order chi connectivity index (χ1) is 15.1. The van der Waals surface area contributed by atoms with Gasteiger partial charge >= 0.3 is 190 Å². The Labute approximate surface area is 191 Å². The van der Waals surface area contributed by atoms with Gasteiger partial charge < -0.3 is 0 Å². The summed E-state index contributed by atoms with van der Waals surface area (Å²) in [7, 11) is -2.79. The van der Waals surface area contributed by atoms with Gasteiger partial charge in [0, 0.05) is 0 Å². The van der Waals surface area contributed by atoms with Gasteiger partial charge in [0.05, 0.1) is 0 Å². The summed E-state index contributed by atoms with van der Waals surface area (Å²) in [6.45, 7) is 5.35. The summed E-state index contributed by atoms with van der Waals surface area (Å²) in [5, 5.41) is 0. The topological polar surface area (TPSA) is 0 Å². The molecule has 0 unspecified atom stereocenters. The van der Waals surface area contributed by atoms with Gasteiger partial charge in [-0.25, -0.2) is 0 Å². The van der Waals surface area contributed by atoms with Gasteiger partial charge in [-0.3, -0.25) is 0 Å². The molecule has 0 atom stereocenters. The molecule has 0 amide bonds. The van der Waals surface area contributed by atoms with Gasteiger partial charge in [-0.15, -0.1) is 0 Å². The molecule has 208 valence electrons. The molecule has 0 aromatic carbocycles. The molecule has 0 nitrogen and oxygen atoms in total. The van der Waals surface area contributed by atoms with Crippen LogP contribution in [0.25, 0.3) is 0 Å². The van der Waals surface area contributed by atoms with E-state index >= 15 is 0 Å². The van der Waals surface area contributed by atoms with E-state index in [4.69, 9.17) is 0 Å². The summed E-state index contributed by atoms with van der Waals surface area (Å²) in [6, 6.07) is 0. The van der Waals surface area contributed by atoms with E-state index in [-0.39, 0.29) is 0 Å². The molecule has 0 saturated heterocycles. The Bertz CT molecular complexity index is 592. The van der Waals surface area contributed by atoms with Crippen LogP contribution in [-0.4, -0.2) is 60.4 Å². The third-order valence-corrected chi connectivity index (χ3v) is 11.7. The van der Waals surface area contributed by atoms with Gasteiger partial charge in [-0.2, -0.15) is 0 Å². The fraction of sp³-hybridized carbons (Fsp3) is 1.00. The Hall–Kier alpha value is -0.480. The number of alkyl halides is 13. The van der Waals surface area contributed by atoms with Crippen molar-refractivity contribution in [3.05, 3.63) is 0 Å². The molecule has 0 fully saturated rings. The molecule has 0 saturated carbocycles. The second-order valence-electron chi connectivity index (χ2n) is 8.81. The second kappa shape index (κ2) is 11.7. The molecular weight excluding hydrogens is 518 g/mol. The summed E-state index contributed by atoms with van der Waals surface area (Å²) in [5.41, 5.74) is 0. The summed E-state index contributed by atoms with van der Waals surface area (Å²) in [4.78, 5) is 0. The molecule has 0 aliphatic heterocycles. The average Bonchev–Trinajstić information content (AvgIpc) is 2.71. The molecule has 0 aromatic heterocycles. The molecule has 34 heavy (non-hydrogen) atoms. The van der Waals surface area contributed by atoms with Crippen LogP contribution in [0.3, 0.4) is 0 Å². The van der Waals surface area contributed by atoms with E-state index in [1.54, 1.807) is 20.8 Å². The molecule has 0 heterocycles. The van der Waals surface area contributed by atoms with Crippen molar-refractivity contribution in [1.82, 2.24) is 0 Å². The second-order valence-corrected chi connectivity index (χ2v) is 13.8. The minimum absolute atomic E-state index is 0.393. The van der Waals surface area contributed by atoms with Crippen molar-refractivity contribution >= 4 is 7.26 Å². The predicted molar refractivity (Wildman–Crippen MR) is 108 cm³/mol. The number of hydrogen-bond donors (Lipinski definition) is 0. The summed E-state index contributed by atoms with van der Waals surface area (Å²) in [6.07, 6.45) is -5.43. The third kappa shape index (κ3) is 6.64. The minimum atomic E-state index is -7.83. The Balaban J connectivity index is 6.16. The molecule has 0 aliphatic carbocycles. The van der Waals surface area contributed by atoms with Gasteiger partial charge in [0.1, 0.15) is 0 Å². The van der Waals surface area contributed by atoms with Crippen LogP contribution >= 0.6 is 7.26 Å². The van der Waals surface area contributed by atoms with E-state index in [0.29, 0.717) is 57.0 Å². The number of unbranched alkanes of at least 4 members (excludes halogenated alkanes) is 3. The monoisotopic (exact) mass is 550 g/mol. The normalized spacial score (nSPS) is 15.6. The Morgan fingerprint density at radius 2 is 0.765 bits per heavy atom. The fourth-order valence-corrected chi connectivity index (χ4v) is 9.44. The summed E-state index contributed by atoms with van der Waals surface area (Å²) < 4.78 is 174. The summed E-state index contributed by atoms with van der Waals surface area (Å²) >= 11 is 0. The number of halogens is 13. The van der Waals surface area contributed by atoms with Gasteiger partial charge in [0.25, 0.3) is 0 Å². The van der Waals surface area contributed by atoms with E-state index in [0.717, 1.165) is 0 Å². The number of hydrogen-bond acceptors (Lipinski definition) is 0.